The number of ether oxygens (including phenoxy) is 1. The van der Waals surface area contributed by atoms with E-state index in [-0.39, 0.29) is 5.56 Å². The van der Waals surface area contributed by atoms with E-state index in [4.69, 9.17) is 9.72 Å². The minimum atomic E-state index is -0.0793. The monoisotopic (exact) mass is 379 g/mol. The minimum Gasteiger partial charge on any atom is -0.381 e. The van der Waals surface area contributed by atoms with Crippen LogP contribution >= 0.6 is 11.8 Å². The van der Waals surface area contributed by atoms with Gasteiger partial charge in [-0.3, -0.25) is 9.36 Å². The SMILES string of the molecule is CCOCCSc1nc2c([nH]c3ccccc32)c(=O)n1-c1ccccc1C. The number of para-hydroxylation sites is 2. The first-order chi connectivity index (χ1) is 13.2. The fraction of sp³-hybridized carbons (Fsp3) is 0.238. The number of rotatable bonds is 6. The van der Waals surface area contributed by atoms with E-state index in [9.17, 15) is 4.79 Å². The Morgan fingerprint density at radius 1 is 1.15 bits per heavy atom. The highest BCUT2D eigenvalue weighted by Gasteiger charge is 2.17. The molecule has 0 bridgehead atoms. The van der Waals surface area contributed by atoms with Crippen LogP contribution in [0.5, 0.6) is 0 Å². The van der Waals surface area contributed by atoms with Crippen LogP contribution in [-0.4, -0.2) is 33.5 Å². The molecule has 0 unspecified atom stereocenters. The second-order valence-electron chi connectivity index (χ2n) is 6.26. The Morgan fingerprint density at radius 3 is 2.74 bits per heavy atom. The summed E-state index contributed by atoms with van der Waals surface area (Å²) >= 11 is 1.54. The average Bonchev–Trinajstić information content (AvgIpc) is 3.06. The van der Waals surface area contributed by atoms with Crippen molar-refractivity contribution in [2.24, 2.45) is 0 Å². The molecule has 0 amide bonds. The Bertz CT molecular complexity index is 1160. The highest BCUT2D eigenvalue weighted by atomic mass is 32.2. The summed E-state index contributed by atoms with van der Waals surface area (Å²) in [4.78, 5) is 21.5. The minimum absolute atomic E-state index is 0.0793. The molecule has 138 valence electrons. The van der Waals surface area contributed by atoms with Gasteiger partial charge in [0.25, 0.3) is 5.56 Å². The van der Waals surface area contributed by atoms with Crippen LogP contribution in [0, 0.1) is 6.92 Å². The van der Waals surface area contributed by atoms with Gasteiger partial charge in [-0.1, -0.05) is 48.2 Å². The summed E-state index contributed by atoms with van der Waals surface area (Å²) in [5.41, 5.74) is 3.99. The molecule has 6 heteroatoms. The fourth-order valence-corrected chi connectivity index (χ4v) is 4.05. The Kier molecular flexibility index (Phi) is 5.01. The van der Waals surface area contributed by atoms with E-state index in [1.54, 1.807) is 16.3 Å². The lowest BCUT2D eigenvalue weighted by molar-refractivity contribution is 0.164. The van der Waals surface area contributed by atoms with Gasteiger partial charge in [-0.15, -0.1) is 0 Å². The maximum atomic E-state index is 13.4. The number of aromatic amines is 1. The molecular formula is C21H21N3O2S. The fourth-order valence-electron chi connectivity index (χ4n) is 3.20. The van der Waals surface area contributed by atoms with E-state index >= 15 is 0 Å². The molecule has 0 spiro atoms. The van der Waals surface area contributed by atoms with Crippen molar-refractivity contribution < 1.29 is 4.74 Å². The third-order valence-electron chi connectivity index (χ3n) is 4.51. The number of hydrogen-bond acceptors (Lipinski definition) is 4. The van der Waals surface area contributed by atoms with Gasteiger partial charge >= 0.3 is 0 Å². The summed E-state index contributed by atoms with van der Waals surface area (Å²) in [6, 6.07) is 15.8. The van der Waals surface area contributed by atoms with E-state index in [2.05, 4.69) is 4.98 Å². The van der Waals surface area contributed by atoms with Gasteiger partial charge in [-0.2, -0.15) is 0 Å². The Hall–Kier alpha value is -2.57. The smallest absolute Gasteiger partial charge is 0.283 e. The predicted molar refractivity (Wildman–Crippen MR) is 111 cm³/mol. The molecule has 0 atom stereocenters. The molecular weight excluding hydrogens is 358 g/mol. The molecule has 4 aromatic rings. The van der Waals surface area contributed by atoms with Crippen LogP contribution in [0.15, 0.2) is 58.5 Å². The number of aromatic nitrogens is 3. The van der Waals surface area contributed by atoms with Gasteiger partial charge in [0.05, 0.1) is 12.3 Å². The summed E-state index contributed by atoms with van der Waals surface area (Å²) in [6.45, 7) is 5.28. The van der Waals surface area contributed by atoms with Gasteiger partial charge in [0.15, 0.2) is 5.16 Å². The largest absolute Gasteiger partial charge is 0.381 e. The first kappa shape index (κ1) is 17.8. The van der Waals surface area contributed by atoms with Gasteiger partial charge in [-0.25, -0.2) is 4.98 Å². The lowest BCUT2D eigenvalue weighted by Gasteiger charge is -2.14. The van der Waals surface area contributed by atoms with Crippen LogP contribution in [0.25, 0.3) is 27.6 Å². The number of hydrogen-bond donors (Lipinski definition) is 1. The van der Waals surface area contributed by atoms with Gasteiger partial charge in [0.2, 0.25) is 0 Å². The maximum Gasteiger partial charge on any atom is 0.283 e. The summed E-state index contributed by atoms with van der Waals surface area (Å²) in [5.74, 6) is 0.736. The van der Waals surface area contributed by atoms with Crippen LogP contribution in [0.3, 0.4) is 0 Å². The summed E-state index contributed by atoms with van der Waals surface area (Å²) in [5, 5.41) is 1.65. The van der Waals surface area contributed by atoms with E-state index in [1.807, 2.05) is 62.4 Å². The van der Waals surface area contributed by atoms with E-state index < -0.39 is 0 Å². The topological polar surface area (TPSA) is 59.9 Å². The Morgan fingerprint density at radius 2 is 1.93 bits per heavy atom. The van der Waals surface area contributed by atoms with E-state index in [0.29, 0.717) is 23.9 Å². The molecule has 0 aliphatic heterocycles. The zero-order valence-electron chi connectivity index (χ0n) is 15.4. The highest BCUT2D eigenvalue weighted by Crippen LogP contribution is 2.27. The van der Waals surface area contributed by atoms with Crippen LogP contribution in [0.4, 0.5) is 0 Å². The number of aryl methyl sites for hydroxylation is 1. The average molecular weight is 379 g/mol. The molecule has 2 heterocycles. The van der Waals surface area contributed by atoms with Crippen LogP contribution in [0.1, 0.15) is 12.5 Å². The van der Waals surface area contributed by atoms with Crippen molar-refractivity contribution in [2.75, 3.05) is 19.0 Å². The first-order valence-corrected chi connectivity index (χ1v) is 9.99. The quantitative estimate of drug-likeness (QED) is 0.308. The number of nitrogens with one attached hydrogen (secondary N) is 1. The summed E-state index contributed by atoms with van der Waals surface area (Å²) in [6.07, 6.45) is 0. The molecule has 0 fully saturated rings. The molecule has 2 aromatic carbocycles. The van der Waals surface area contributed by atoms with Crippen molar-refractivity contribution >= 4 is 33.7 Å². The van der Waals surface area contributed by atoms with Crippen LogP contribution < -0.4 is 5.56 Å². The molecule has 0 aliphatic rings. The number of H-pyrrole nitrogens is 1. The number of thioether (sulfide) groups is 1. The first-order valence-electron chi connectivity index (χ1n) is 9.00. The molecule has 0 aliphatic carbocycles. The summed E-state index contributed by atoms with van der Waals surface area (Å²) in [7, 11) is 0. The second-order valence-corrected chi connectivity index (χ2v) is 7.32. The molecule has 0 radical (unpaired) electrons. The van der Waals surface area contributed by atoms with Crippen LogP contribution in [-0.2, 0) is 4.74 Å². The number of benzene rings is 2. The molecule has 4 rings (SSSR count). The molecule has 27 heavy (non-hydrogen) atoms. The molecule has 5 nitrogen and oxygen atoms in total. The second kappa shape index (κ2) is 7.58. The Balaban J connectivity index is 1.95. The molecule has 2 aromatic heterocycles. The highest BCUT2D eigenvalue weighted by molar-refractivity contribution is 7.99. The van der Waals surface area contributed by atoms with Gasteiger partial charge in [-0.05, 0) is 31.5 Å². The maximum absolute atomic E-state index is 13.4. The van der Waals surface area contributed by atoms with Crippen molar-refractivity contribution in [1.82, 2.24) is 14.5 Å². The van der Waals surface area contributed by atoms with Gasteiger partial charge in [0.1, 0.15) is 11.0 Å². The summed E-state index contributed by atoms with van der Waals surface area (Å²) < 4.78 is 7.17. The van der Waals surface area contributed by atoms with Crippen molar-refractivity contribution in [3.8, 4) is 5.69 Å². The predicted octanol–water partition coefficient (Wildman–Crippen LogP) is 4.30. The van der Waals surface area contributed by atoms with Crippen molar-refractivity contribution in [2.45, 2.75) is 19.0 Å². The van der Waals surface area contributed by atoms with Crippen molar-refractivity contribution in [1.29, 1.82) is 0 Å². The number of nitrogens with zero attached hydrogens (tertiary/aromatic N) is 2. The molecule has 1 N–H and O–H groups in total. The normalized spacial score (nSPS) is 11.5. The van der Waals surface area contributed by atoms with Gasteiger partial charge < -0.3 is 9.72 Å². The van der Waals surface area contributed by atoms with Crippen LogP contribution in [0.2, 0.25) is 0 Å². The van der Waals surface area contributed by atoms with E-state index in [0.717, 1.165) is 33.4 Å². The van der Waals surface area contributed by atoms with Crippen molar-refractivity contribution in [3.63, 3.8) is 0 Å². The zero-order valence-corrected chi connectivity index (χ0v) is 16.2. The molecule has 0 saturated heterocycles. The third-order valence-corrected chi connectivity index (χ3v) is 5.42. The number of fused-ring (bicyclic) bond motifs is 3. The Labute approximate surface area is 161 Å². The zero-order chi connectivity index (χ0) is 18.8. The molecule has 0 saturated carbocycles. The lowest BCUT2D eigenvalue weighted by atomic mass is 10.2. The lowest BCUT2D eigenvalue weighted by Crippen LogP contribution is -2.22. The van der Waals surface area contributed by atoms with Gasteiger partial charge in [0, 0.05) is 23.3 Å². The third kappa shape index (κ3) is 3.26. The van der Waals surface area contributed by atoms with E-state index in [1.165, 1.54) is 0 Å². The standard InChI is InChI=1S/C21H21N3O2S/c1-3-26-12-13-27-21-23-18-15-9-5-6-10-16(15)22-19(18)20(25)24(21)17-11-7-4-8-14(17)2/h4-11,22H,3,12-13H2,1-2H3. The van der Waals surface area contributed by atoms with Crippen molar-refractivity contribution in [3.05, 3.63) is 64.4 Å².